The number of halogens is 2. The Morgan fingerprint density at radius 3 is 2.58 bits per heavy atom. The lowest BCUT2D eigenvalue weighted by atomic mass is 10.1. The largest absolute Gasteiger partial charge is 0.506 e. The van der Waals surface area contributed by atoms with Crippen LogP contribution in [0.5, 0.6) is 5.75 Å². The number of aliphatic imine (C=N–C) groups is 1. The number of aliphatic hydroxyl groups is 2. The fourth-order valence-electron chi connectivity index (χ4n) is 2.03. The lowest BCUT2D eigenvalue weighted by molar-refractivity contribution is -0.137. The first-order chi connectivity index (χ1) is 12.3. The van der Waals surface area contributed by atoms with E-state index in [1.54, 1.807) is 6.92 Å². The van der Waals surface area contributed by atoms with Gasteiger partial charge in [0.1, 0.15) is 22.9 Å². The first-order valence-corrected chi connectivity index (χ1v) is 8.83. The van der Waals surface area contributed by atoms with E-state index in [9.17, 15) is 19.4 Å². The smallest absolute Gasteiger partial charge is 0.343 e. The van der Waals surface area contributed by atoms with Crippen LogP contribution in [0.15, 0.2) is 27.2 Å². The van der Waals surface area contributed by atoms with E-state index in [0.717, 1.165) is 12.3 Å². The van der Waals surface area contributed by atoms with Crippen molar-refractivity contribution in [3.05, 3.63) is 33.6 Å². The van der Waals surface area contributed by atoms with Crippen molar-refractivity contribution in [2.75, 3.05) is 20.3 Å². The zero-order valence-electron chi connectivity index (χ0n) is 15.1. The predicted octanol–water partition coefficient (Wildman–Crippen LogP) is 3.52. The summed E-state index contributed by atoms with van der Waals surface area (Å²) in [5.41, 5.74) is -0.515. The maximum Gasteiger partial charge on any atom is 0.343 e. The average Bonchev–Trinajstić information content (AvgIpc) is 2.59. The molecular formula is C18H23BrFNO5. The summed E-state index contributed by atoms with van der Waals surface area (Å²) in [5.74, 6) is -1.99. The molecule has 1 aromatic carbocycles. The van der Waals surface area contributed by atoms with Crippen LogP contribution >= 0.6 is 15.9 Å². The monoisotopic (exact) mass is 431 g/mol. The molecule has 0 bridgehead atoms. The Bertz CT molecular complexity index is 703. The van der Waals surface area contributed by atoms with Gasteiger partial charge in [-0.3, -0.25) is 4.99 Å². The first-order valence-electron chi connectivity index (χ1n) is 8.04. The molecule has 0 aliphatic carbocycles. The van der Waals surface area contributed by atoms with Gasteiger partial charge >= 0.3 is 5.97 Å². The summed E-state index contributed by atoms with van der Waals surface area (Å²) in [6.07, 6.45) is 1.10. The summed E-state index contributed by atoms with van der Waals surface area (Å²) < 4.78 is 24.7. The lowest BCUT2D eigenvalue weighted by Crippen LogP contribution is -2.19. The standard InChI is InChI=1S/C18H23BrFNO5/c1-5-26-18(24)12(8-21-15(9-22)10(2)3)17(23)11-6-13(19)16(25-4)7-14(11)20/h6-8,10,15,22-23H,5,9H2,1-4H3/b17-12-,21-8?/t15-/m1/s1. The van der Waals surface area contributed by atoms with Gasteiger partial charge in [0.2, 0.25) is 0 Å². The topological polar surface area (TPSA) is 88.4 Å². The molecule has 0 heterocycles. The SMILES string of the molecule is CCOC(=O)/C(C=N[C@H](CO)C(C)C)=C(\O)c1cc(Br)c(OC)cc1F. The van der Waals surface area contributed by atoms with Crippen molar-refractivity contribution in [2.45, 2.75) is 26.8 Å². The van der Waals surface area contributed by atoms with Crippen LogP contribution in [0, 0.1) is 11.7 Å². The van der Waals surface area contributed by atoms with Gasteiger partial charge < -0.3 is 19.7 Å². The van der Waals surface area contributed by atoms with Gasteiger partial charge in [-0.1, -0.05) is 13.8 Å². The van der Waals surface area contributed by atoms with Gasteiger partial charge in [0.15, 0.2) is 0 Å². The Labute approximate surface area is 160 Å². The van der Waals surface area contributed by atoms with Crippen LogP contribution in [-0.2, 0) is 9.53 Å². The number of methoxy groups -OCH3 is 1. The molecule has 0 spiro atoms. The number of hydrogen-bond acceptors (Lipinski definition) is 6. The molecule has 0 aromatic heterocycles. The Morgan fingerprint density at radius 2 is 2.08 bits per heavy atom. The van der Waals surface area contributed by atoms with E-state index in [4.69, 9.17) is 9.47 Å². The maximum absolute atomic E-state index is 14.3. The molecule has 26 heavy (non-hydrogen) atoms. The summed E-state index contributed by atoms with van der Waals surface area (Å²) in [7, 11) is 1.38. The minimum Gasteiger partial charge on any atom is -0.506 e. The normalized spacial score (nSPS) is 13.7. The van der Waals surface area contributed by atoms with Crippen molar-refractivity contribution in [1.29, 1.82) is 0 Å². The van der Waals surface area contributed by atoms with E-state index in [0.29, 0.717) is 4.47 Å². The fourth-order valence-corrected chi connectivity index (χ4v) is 2.54. The Kier molecular flexibility index (Phi) is 8.74. The lowest BCUT2D eigenvalue weighted by Gasteiger charge is -2.14. The van der Waals surface area contributed by atoms with E-state index in [1.807, 2.05) is 13.8 Å². The molecule has 0 unspecified atom stereocenters. The van der Waals surface area contributed by atoms with Crippen LogP contribution in [0.25, 0.3) is 5.76 Å². The number of nitrogens with zero attached hydrogens (tertiary/aromatic N) is 1. The second kappa shape index (κ2) is 10.3. The van der Waals surface area contributed by atoms with Crippen molar-refractivity contribution >= 4 is 33.9 Å². The molecule has 8 heteroatoms. The van der Waals surface area contributed by atoms with Gasteiger partial charge in [0, 0.05) is 12.3 Å². The van der Waals surface area contributed by atoms with Crippen LogP contribution < -0.4 is 4.74 Å². The highest BCUT2D eigenvalue weighted by molar-refractivity contribution is 9.10. The highest BCUT2D eigenvalue weighted by Gasteiger charge is 2.21. The molecule has 2 N–H and O–H groups in total. The van der Waals surface area contributed by atoms with Crippen LogP contribution in [-0.4, -0.2) is 48.8 Å². The van der Waals surface area contributed by atoms with Crippen LogP contribution in [0.1, 0.15) is 26.3 Å². The molecule has 1 atom stereocenters. The van der Waals surface area contributed by atoms with E-state index in [2.05, 4.69) is 20.9 Å². The summed E-state index contributed by atoms with van der Waals surface area (Å²) in [6, 6.07) is 1.91. The molecule has 0 saturated carbocycles. The Morgan fingerprint density at radius 1 is 1.42 bits per heavy atom. The average molecular weight is 432 g/mol. The number of ether oxygens (including phenoxy) is 2. The summed E-state index contributed by atoms with van der Waals surface area (Å²) in [4.78, 5) is 16.3. The predicted molar refractivity (Wildman–Crippen MR) is 101 cm³/mol. The van der Waals surface area contributed by atoms with Crippen molar-refractivity contribution < 1.29 is 28.9 Å². The molecule has 6 nitrogen and oxygen atoms in total. The Balaban J connectivity index is 3.46. The number of hydrogen-bond donors (Lipinski definition) is 2. The molecule has 0 fully saturated rings. The molecule has 0 saturated heterocycles. The van der Waals surface area contributed by atoms with Crippen LogP contribution in [0.4, 0.5) is 4.39 Å². The molecule has 0 radical (unpaired) electrons. The number of carbonyl (C=O) groups is 1. The minimum atomic E-state index is -0.847. The Hall–Kier alpha value is -1.93. The fraction of sp³-hybridized carbons (Fsp3) is 0.444. The molecule has 0 aliphatic rings. The zero-order valence-corrected chi connectivity index (χ0v) is 16.7. The van der Waals surface area contributed by atoms with Crippen molar-refractivity contribution in [1.82, 2.24) is 0 Å². The van der Waals surface area contributed by atoms with Gasteiger partial charge in [-0.25, -0.2) is 9.18 Å². The molecule has 144 valence electrons. The van der Waals surface area contributed by atoms with Gasteiger partial charge in [-0.2, -0.15) is 0 Å². The quantitative estimate of drug-likeness (QED) is 0.284. The zero-order chi connectivity index (χ0) is 19.9. The highest BCUT2D eigenvalue weighted by atomic mass is 79.9. The summed E-state index contributed by atoms with van der Waals surface area (Å²) in [6.45, 7) is 5.16. The first kappa shape index (κ1) is 22.1. The van der Waals surface area contributed by atoms with E-state index in [1.165, 1.54) is 13.2 Å². The number of aliphatic hydroxyl groups excluding tert-OH is 2. The number of benzene rings is 1. The minimum absolute atomic E-state index is 0.00806. The molecule has 1 aromatic rings. The van der Waals surface area contributed by atoms with Gasteiger partial charge in [-0.05, 0) is 34.8 Å². The van der Waals surface area contributed by atoms with Crippen molar-refractivity contribution in [3.63, 3.8) is 0 Å². The maximum atomic E-state index is 14.3. The van der Waals surface area contributed by atoms with E-state index < -0.39 is 23.6 Å². The van der Waals surface area contributed by atoms with E-state index >= 15 is 0 Å². The van der Waals surface area contributed by atoms with Gasteiger partial charge in [0.05, 0.1) is 36.4 Å². The van der Waals surface area contributed by atoms with Gasteiger partial charge in [0.25, 0.3) is 0 Å². The summed E-state index contributed by atoms with van der Waals surface area (Å²) in [5, 5.41) is 19.9. The molecule has 0 amide bonds. The third-order valence-electron chi connectivity index (χ3n) is 3.60. The molecular weight excluding hydrogens is 409 g/mol. The van der Waals surface area contributed by atoms with Crippen LogP contribution in [0.2, 0.25) is 0 Å². The third-order valence-corrected chi connectivity index (χ3v) is 4.22. The molecule has 0 aliphatic heterocycles. The highest BCUT2D eigenvalue weighted by Crippen LogP contribution is 2.31. The summed E-state index contributed by atoms with van der Waals surface area (Å²) >= 11 is 3.21. The second-order valence-electron chi connectivity index (χ2n) is 5.72. The number of carbonyl (C=O) groups excluding carboxylic acids is 1. The number of rotatable bonds is 8. The van der Waals surface area contributed by atoms with E-state index in [-0.39, 0.29) is 36.0 Å². The van der Waals surface area contributed by atoms with Crippen LogP contribution in [0.3, 0.4) is 0 Å². The third kappa shape index (κ3) is 5.54. The number of esters is 1. The van der Waals surface area contributed by atoms with Crippen molar-refractivity contribution in [2.24, 2.45) is 10.9 Å². The van der Waals surface area contributed by atoms with Crippen molar-refractivity contribution in [3.8, 4) is 5.75 Å². The van der Waals surface area contributed by atoms with Gasteiger partial charge in [-0.15, -0.1) is 0 Å². The second-order valence-corrected chi connectivity index (χ2v) is 6.58. The molecule has 1 rings (SSSR count).